The van der Waals surface area contributed by atoms with E-state index in [0.29, 0.717) is 12.2 Å². The molecule has 0 aliphatic carbocycles. The van der Waals surface area contributed by atoms with Gasteiger partial charge in [-0.25, -0.2) is 0 Å². The summed E-state index contributed by atoms with van der Waals surface area (Å²) in [5.41, 5.74) is 1.49. The van der Waals surface area contributed by atoms with Crippen LogP contribution < -0.4 is 5.32 Å². The number of nitro groups is 1. The number of para-hydroxylation sites is 1. The maximum Gasteiger partial charge on any atom is 0.309 e. The van der Waals surface area contributed by atoms with Gasteiger partial charge in [0.2, 0.25) is 0 Å². The lowest BCUT2D eigenvalue weighted by atomic mass is 10.1. The summed E-state index contributed by atoms with van der Waals surface area (Å²) in [5, 5.41) is 23.1. The fraction of sp³-hybridized carbons (Fsp3) is 0.214. The molecule has 0 radical (unpaired) electrons. The highest BCUT2D eigenvalue weighted by Crippen LogP contribution is 2.29. The Morgan fingerprint density at radius 1 is 1.45 bits per heavy atom. The van der Waals surface area contributed by atoms with E-state index in [0.717, 1.165) is 4.88 Å². The fourth-order valence-corrected chi connectivity index (χ4v) is 2.89. The minimum Gasteiger partial charge on any atom is -0.375 e. The van der Waals surface area contributed by atoms with E-state index in [9.17, 15) is 10.1 Å². The standard InChI is InChI=1S/C14H13N3O2S/c1-9-6-12(20-10(9)2)8-16-13-5-3-4-11(7-15)14(13)17(18)19/h3-6,16H,8H2,1-2H3. The van der Waals surface area contributed by atoms with Crippen LogP contribution in [0.3, 0.4) is 0 Å². The molecule has 20 heavy (non-hydrogen) atoms. The monoisotopic (exact) mass is 287 g/mol. The zero-order chi connectivity index (χ0) is 14.7. The Bertz CT molecular complexity index is 681. The molecule has 0 saturated heterocycles. The minimum atomic E-state index is -0.522. The number of nitrogens with zero attached hydrogens (tertiary/aromatic N) is 2. The van der Waals surface area contributed by atoms with Crippen molar-refractivity contribution < 1.29 is 4.92 Å². The molecule has 2 rings (SSSR count). The number of aryl methyl sites for hydroxylation is 2. The number of hydrogen-bond donors (Lipinski definition) is 1. The predicted octanol–water partition coefficient (Wildman–Crippen LogP) is 3.76. The summed E-state index contributed by atoms with van der Waals surface area (Å²) in [6.45, 7) is 4.59. The second kappa shape index (κ2) is 5.72. The molecule has 1 heterocycles. The number of benzene rings is 1. The molecule has 1 aromatic carbocycles. The molecule has 0 unspecified atom stereocenters. The molecule has 0 aliphatic rings. The fourth-order valence-electron chi connectivity index (χ4n) is 1.89. The highest BCUT2D eigenvalue weighted by Gasteiger charge is 2.19. The van der Waals surface area contributed by atoms with Crippen LogP contribution in [0.15, 0.2) is 24.3 Å². The van der Waals surface area contributed by atoms with Crippen LogP contribution in [-0.2, 0) is 6.54 Å². The van der Waals surface area contributed by atoms with Crippen molar-refractivity contribution in [1.82, 2.24) is 0 Å². The summed E-state index contributed by atoms with van der Waals surface area (Å²) >= 11 is 1.66. The molecule has 2 aromatic rings. The number of anilines is 1. The lowest BCUT2D eigenvalue weighted by Gasteiger charge is -2.06. The van der Waals surface area contributed by atoms with Crippen LogP contribution in [0.4, 0.5) is 11.4 Å². The van der Waals surface area contributed by atoms with E-state index < -0.39 is 4.92 Å². The minimum absolute atomic E-state index is 0.0681. The van der Waals surface area contributed by atoms with Crippen LogP contribution >= 0.6 is 11.3 Å². The van der Waals surface area contributed by atoms with Gasteiger partial charge in [-0.2, -0.15) is 5.26 Å². The Hall–Kier alpha value is -2.39. The molecule has 102 valence electrons. The number of nitrogens with one attached hydrogen (secondary N) is 1. The van der Waals surface area contributed by atoms with Crippen LogP contribution in [0.2, 0.25) is 0 Å². The maximum atomic E-state index is 11.1. The van der Waals surface area contributed by atoms with Crippen molar-refractivity contribution in [2.45, 2.75) is 20.4 Å². The van der Waals surface area contributed by atoms with Crippen molar-refractivity contribution in [3.05, 3.63) is 55.3 Å². The summed E-state index contributed by atoms with van der Waals surface area (Å²) in [7, 11) is 0. The summed E-state index contributed by atoms with van der Waals surface area (Å²) in [5.74, 6) is 0. The first-order chi connectivity index (χ1) is 9.52. The van der Waals surface area contributed by atoms with Crippen molar-refractivity contribution in [3.8, 4) is 6.07 Å². The first-order valence-corrected chi connectivity index (χ1v) is 6.82. The van der Waals surface area contributed by atoms with Gasteiger partial charge in [0.1, 0.15) is 17.3 Å². The van der Waals surface area contributed by atoms with Gasteiger partial charge in [0, 0.05) is 16.3 Å². The quantitative estimate of drug-likeness (QED) is 0.686. The maximum absolute atomic E-state index is 11.1. The van der Waals surface area contributed by atoms with Crippen LogP contribution in [0.25, 0.3) is 0 Å². The highest BCUT2D eigenvalue weighted by molar-refractivity contribution is 7.12. The van der Waals surface area contributed by atoms with Gasteiger partial charge in [0.25, 0.3) is 0 Å². The van der Waals surface area contributed by atoms with Gasteiger partial charge in [0.05, 0.1) is 4.92 Å². The Kier molecular flexibility index (Phi) is 4.01. The molecule has 0 saturated carbocycles. The summed E-state index contributed by atoms with van der Waals surface area (Å²) in [6.07, 6.45) is 0. The average Bonchev–Trinajstić information content (AvgIpc) is 2.74. The van der Waals surface area contributed by atoms with E-state index in [2.05, 4.69) is 11.4 Å². The zero-order valence-electron chi connectivity index (χ0n) is 11.1. The second-order valence-electron chi connectivity index (χ2n) is 4.38. The molecule has 0 spiro atoms. The Morgan fingerprint density at radius 2 is 2.20 bits per heavy atom. The number of rotatable bonds is 4. The number of thiophene rings is 1. The third kappa shape index (κ3) is 2.78. The van der Waals surface area contributed by atoms with Gasteiger partial charge in [-0.15, -0.1) is 11.3 Å². The van der Waals surface area contributed by atoms with Crippen molar-refractivity contribution in [2.75, 3.05) is 5.32 Å². The highest BCUT2D eigenvalue weighted by atomic mass is 32.1. The van der Waals surface area contributed by atoms with Gasteiger partial charge in [-0.3, -0.25) is 10.1 Å². The van der Waals surface area contributed by atoms with E-state index in [1.807, 2.05) is 19.9 Å². The van der Waals surface area contributed by atoms with Gasteiger partial charge in [-0.1, -0.05) is 6.07 Å². The SMILES string of the molecule is Cc1cc(CNc2cccc(C#N)c2[N+](=O)[O-])sc1C. The third-order valence-corrected chi connectivity index (χ3v) is 4.16. The predicted molar refractivity (Wildman–Crippen MR) is 78.9 cm³/mol. The lowest BCUT2D eigenvalue weighted by Crippen LogP contribution is -2.03. The van der Waals surface area contributed by atoms with E-state index in [1.54, 1.807) is 23.5 Å². The topological polar surface area (TPSA) is 79.0 Å². The molecule has 0 aliphatic heterocycles. The number of nitro benzene ring substituents is 1. The molecular formula is C14H13N3O2S. The Labute approximate surface area is 120 Å². The van der Waals surface area contributed by atoms with Crippen LogP contribution in [0.1, 0.15) is 20.9 Å². The summed E-state index contributed by atoms with van der Waals surface area (Å²) in [6, 6.07) is 8.61. The molecule has 5 nitrogen and oxygen atoms in total. The van der Waals surface area contributed by atoms with E-state index >= 15 is 0 Å². The molecule has 0 bridgehead atoms. The molecule has 6 heteroatoms. The van der Waals surface area contributed by atoms with Crippen molar-refractivity contribution in [1.29, 1.82) is 5.26 Å². The van der Waals surface area contributed by atoms with Crippen LogP contribution in [-0.4, -0.2) is 4.92 Å². The van der Waals surface area contributed by atoms with Gasteiger partial charge in [-0.05, 0) is 37.6 Å². The number of nitriles is 1. The van der Waals surface area contributed by atoms with Gasteiger partial charge < -0.3 is 5.32 Å². The second-order valence-corrected chi connectivity index (χ2v) is 5.72. The molecule has 1 aromatic heterocycles. The van der Waals surface area contributed by atoms with E-state index in [-0.39, 0.29) is 11.3 Å². The first kappa shape index (κ1) is 14.0. The van der Waals surface area contributed by atoms with Crippen molar-refractivity contribution in [2.24, 2.45) is 0 Å². The molecular weight excluding hydrogens is 274 g/mol. The van der Waals surface area contributed by atoms with E-state index in [4.69, 9.17) is 5.26 Å². The third-order valence-electron chi connectivity index (χ3n) is 3.01. The zero-order valence-corrected chi connectivity index (χ0v) is 12.0. The van der Waals surface area contributed by atoms with Gasteiger partial charge >= 0.3 is 5.69 Å². The van der Waals surface area contributed by atoms with Crippen molar-refractivity contribution >= 4 is 22.7 Å². The Morgan fingerprint density at radius 3 is 2.75 bits per heavy atom. The summed E-state index contributed by atoms with van der Waals surface area (Å²) < 4.78 is 0. The average molecular weight is 287 g/mol. The molecule has 0 amide bonds. The van der Waals surface area contributed by atoms with Crippen LogP contribution in [0.5, 0.6) is 0 Å². The molecule has 1 N–H and O–H groups in total. The summed E-state index contributed by atoms with van der Waals surface area (Å²) in [4.78, 5) is 12.9. The largest absolute Gasteiger partial charge is 0.375 e. The van der Waals surface area contributed by atoms with Crippen molar-refractivity contribution in [3.63, 3.8) is 0 Å². The first-order valence-electron chi connectivity index (χ1n) is 6.00. The smallest absolute Gasteiger partial charge is 0.309 e. The van der Waals surface area contributed by atoms with Crippen LogP contribution in [0, 0.1) is 35.3 Å². The van der Waals surface area contributed by atoms with E-state index in [1.165, 1.54) is 16.5 Å². The molecule has 0 atom stereocenters. The number of hydrogen-bond acceptors (Lipinski definition) is 5. The Balaban J connectivity index is 2.26. The lowest BCUT2D eigenvalue weighted by molar-refractivity contribution is -0.384. The normalized spacial score (nSPS) is 10.1. The van der Waals surface area contributed by atoms with Gasteiger partial charge in [0.15, 0.2) is 0 Å². The molecule has 0 fully saturated rings.